The number of hydrogen-bond acceptors (Lipinski definition) is 4. The molecule has 3 nitrogen and oxygen atoms in total. The first-order valence-corrected chi connectivity index (χ1v) is 4.09. The largest absolute Gasteiger partial charge is 0.312 e. The van der Waals surface area contributed by atoms with E-state index in [9.17, 15) is 0 Å². The fraction of sp³-hybridized carbons (Fsp3) is 0.333. The number of nitrogens with one attached hydrogen (secondary N) is 2. The van der Waals surface area contributed by atoms with Crippen molar-refractivity contribution in [2.45, 2.75) is 6.92 Å². The van der Waals surface area contributed by atoms with Gasteiger partial charge in [0.05, 0.1) is 5.04 Å². The summed E-state index contributed by atoms with van der Waals surface area (Å²) in [4.78, 5) is 0.503. The first kappa shape index (κ1) is 10.5. The molecule has 5 heteroatoms. The molecule has 0 radical (unpaired) electrons. The number of hydrazone groups is 1. The average molecular weight is 192 g/mol. The lowest BCUT2D eigenvalue weighted by molar-refractivity contribution is 0.905. The van der Waals surface area contributed by atoms with Crippen molar-refractivity contribution in [1.82, 2.24) is 5.43 Å². The van der Waals surface area contributed by atoms with Crippen molar-refractivity contribution >= 4 is 33.6 Å². The fourth-order valence-electron chi connectivity index (χ4n) is 0.403. The maximum absolute atomic E-state index is 7.00. The van der Waals surface area contributed by atoms with E-state index in [1.807, 2.05) is 6.92 Å². The number of nitrogens with zero attached hydrogens (tertiary/aromatic N) is 1. The van der Waals surface area contributed by atoms with Gasteiger partial charge in [-0.15, -0.1) is 0 Å². The molecule has 0 fully saturated rings. The molecule has 0 bridgehead atoms. The van der Waals surface area contributed by atoms with Gasteiger partial charge < -0.3 is 5.43 Å². The van der Waals surface area contributed by atoms with E-state index >= 15 is 0 Å². The quantitative estimate of drug-likeness (QED) is 0.407. The summed E-state index contributed by atoms with van der Waals surface area (Å²) in [6.07, 6.45) is 0. The number of halogens is 1. The molecule has 0 aromatic carbocycles. The van der Waals surface area contributed by atoms with Gasteiger partial charge in [-0.25, -0.2) is 0 Å². The summed E-state index contributed by atoms with van der Waals surface area (Å²) in [5, 5.41) is 11.6. The Balaban J connectivity index is 3.95. The van der Waals surface area contributed by atoms with E-state index in [1.54, 1.807) is 7.05 Å². The third-order valence-corrected chi connectivity index (χ3v) is 1.96. The molecule has 0 amide bonds. The van der Waals surface area contributed by atoms with Gasteiger partial charge in [-0.05, 0) is 6.92 Å². The average Bonchev–Trinajstić information content (AvgIpc) is 1.87. The van der Waals surface area contributed by atoms with Gasteiger partial charge in [0.15, 0.2) is 0 Å². The van der Waals surface area contributed by atoms with Crippen LogP contribution in [-0.4, -0.2) is 17.3 Å². The molecule has 0 saturated carbocycles. The lowest BCUT2D eigenvalue weighted by Gasteiger charge is -1.99. The predicted octanol–water partition coefficient (Wildman–Crippen LogP) is 2.00. The van der Waals surface area contributed by atoms with Crippen LogP contribution < -0.4 is 5.43 Å². The smallest absolute Gasteiger partial charge is 0.134 e. The molecule has 0 spiro atoms. The lowest BCUT2D eigenvalue weighted by atomic mass is 10.7. The van der Waals surface area contributed by atoms with E-state index in [-0.39, 0.29) is 5.17 Å². The van der Waals surface area contributed by atoms with Crippen LogP contribution in [0.25, 0.3) is 0 Å². The van der Waals surface area contributed by atoms with Crippen LogP contribution in [0.3, 0.4) is 0 Å². The Bertz CT molecular complexity index is 200. The fourth-order valence-corrected chi connectivity index (χ4v) is 1.10. The molecule has 0 atom stereocenters. The normalized spacial score (nSPS) is 11.0. The van der Waals surface area contributed by atoms with E-state index in [2.05, 4.69) is 17.1 Å². The summed E-state index contributed by atoms with van der Waals surface area (Å²) in [5.74, 6) is 0. The van der Waals surface area contributed by atoms with Crippen molar-refractivity contribution in [3.63, 3.8) is 0 Å². The van der Waals surface area contributed by atoms with E-state index in [4.69, 9.17) is 17.0 Å². The van der Waals surface area contributed by atoms with E-state index < -0.39 is 0 Å². The highest BCUT2D eigenvalue weighted by atomic mass is 35.5. The van der Waals surface area contributed by atoms with Gasteiger partial charge in [0.1, 0.15) is 5.17 Å². The predicted molar refractivity (Wildman–Crippen MR) is 52.5 cm³/mol. The summed E-state index contributed by atoms with van der Waals surface area (Å²) in [7, 11) is 1.71. The molecule has 0 rings (SSSR count). The SMILES string of the molecule is C=C(S/C(C)=N/NC)C(=N)Cl. The van der Waals surface area contributed by atoms with E-state index in [1.165, 1.54) is 11.8 Å². The molecule has 0 aliphatic heterocycles. The number of rotatable bonds is 3. The van der Waals surface area contributed by atoms with Crippen LogP contribution in [0, 0.1) is 5.41 Å². The van der Waals surface area contributed by atoms with Crippen molar-refractivity contribution in [3.8, 4) is 0 Å². The molecule has 2 N–H and O–H groups in total. The van der Waals surface area contributed by atoms with E-state index in [0.29, 0.717) is 4.91 Å². The number of allylic oxidation sites excluding steroid dienone is 1. The molecule has 0 saturated heterocycles. The van der Waals surface area contributed by atoms with Crippen molar-refractivity contribution in [2.24, 2.45) is 5.10 Å². The summed E-state index contributed by atoms with van der Waals surface area (Å²) < 4.78 is 0. The minimum absolute atomic E-state index is 0.0411. The van der Waals surface area contributed by atoms with Crippen LogP contribution in [-0.2, 0) is 0 Å². The third-order valence-electron chi connectivity index (χ3n) is 0.785. The molecule has 0 aliphatic rings. The van der Waals surface area contributed by atoms with Gasteiger partial charge >= 0.3 is 0 Å². The maximum atomic E-state index is 7.00. The topological polar surface area (TPSA) is 48.2 Å². The molecule has 0 aromatic heterocycles. The first-order valence-electron chi connectivity index (χ1n) is 2.90. The Morgan fingerprint density at radius 2 is 2.27 bits per heavy atom. The zero-order valence-corrected chi connectivity index (χ0v) is 8.01. The van der Waals surface area contributed by atoms with Gasteiger partial charge in [0.2, 0.25) is 0 Å². The Hall–Kier alpha value is -0.480. The lowest BCUT2D eigenvalue weighted by Crippen LogP contribution is -1.99. The molecule has 11 heavy (non-hydrogen) atoms. The van der Waals surface area contributed by atoms with Crippen molar-refractivity contribution in [2.75, 3.05) is 7.05 Å². The first-order chi connectivity index (χ1) is 5.07. The van der Waals surface area contributed by atoms with E-state index in [0.717, 1.165) is 5.04 Å². The Morgan fingerprint density at radius 3 is 2.64 bits per heavy atom. The van der Waals surface area contributed by atoms with Gasteiger partial charge in [0, 0.05) is 12.0 Å². The molecule has 0 aliphatic carbocycles. The maximum Gasteiger partial charge on any atom is 0.134 e. The standard InChI is InChI=1S/C6H10ClN3S/c1-4(6(7)8)11-5(2)10-9-3/h8-9H,1H2,2-3H3/b8-6?,10-5+. The second-order valence-corrected chi connectivity index (χ2v) is 3.36. The molecular weight excluding hydrogens is 182 g/mol. The minimum atomic E-state index is -0.0411. The highest BCUT2D eigenvalue weighted by Crippen LogP contribution is 2.17. The van der Waals surface area contributed by atoms with Crippen molar-refractivity contribution < 1.29 is 0 Å². The molecule has 0 unspecified atom stereocenters. The summed E-state index contributed by atoms with van der Waals surface area (Å²) >= 11 is 6.63. The van der Waals surface area contributed by atoms with Crippen LogP contribution in [0.2, 0.25) is 0 Å². The van der Waals surface area contributed by atoms with Crippen molar-refractivity contribution in [1.29, 1.82) is 5.41 Å². The number of thioether (sulfide) groups is 1. The summed E-state index contributed by atoms with van der Waals surface area (Å²) in [6.45, 7) is 5.39. The molecular formula is C6H10ClN3S. The zero-order chi connectivity index (χ0) is 8.85. The summed E-state index contributed by atoms with van der Waals surface area (Å²) in [5.41, 5.74) is 2.62. The Labute approximate surface area is 75.4 Å². The second-order valence-electron chi connectivity index (χ2n) is 1.69. The van der Waals surface area contributed by atoms with Crippen LogP contribution in [0.5, 0.6) is 0 Å². The highest BCUT2D eigenvalue weighted by Gasteiger charge is 2.01. The van der Waals surface area contributed by atoms with Gasteiger partial charge in [0.25, 0.3) is 0 Å². The monoisotopic (exact) mass is 191 g/mol. The molecule has 0 heterocycles. The van der Waals surface area contributed by atoms with Gasteiger partial charge in [-0.1, -0.05) is 29.9 Å². The minimum Gasteiger partial charge on any atom is -0.312 e. The van der Waals surface area contributed by atoms with Crippen LogP contribution in [0.15, 0.2) is 16.6 Å². The number of hydrogen-bond donors (Lipinski definition) is 2. The zero-order valence-electron chi connectivity index (χ0n) is 6.44. The second kappa shape index (κ2) is 5.21. The third kappa shape index (κ3) is 4.86. The summed E-state index contributed by atoms with van der Waals surface area (Å²) in [6, 6.07) is 0. The van der Waals surface area contributed by atoms with Crippen molar-refractivity contribution in [3.05, 3.63) is 11.5 Å². The molecule has 0 aromatic rings. The Kier molecular flexibility index (Phi) is 4.98. The molecule has 62 valence electrons. The van der Waals surface area contributed by atoms with Crippen LogP contribution in [0.4, 0.5) is 0 Å². The van der Waals surface area contributed by atoms with Crippen LogP contribution in [0.1, 0.15) is 6.92 Å². The van der Waals surface area contributed by atoms with Gasteiger partial charge in [-0.3, -0.25) is 5.41 Å². The highest BCUT2D eigenvalue weighted by molar-refractivity contribution is 8.18. The van der Waals surface area contributed by atoms with Crippen LogP contribution >= 0.6 is 23.4 Å². The Morgan fingerprint density at radius 1 is 1.73 bits per heavy atom. The van der Waals surface area contributed by atoms with Gasteiger partial charge in [-0.2, -0.15) is 5.10 Å².